The Morgan fingerprint density at radius 2 is 1.95 bits per heavy atom. The summed E-state index contributed by atoms with van der Waals surface area (Å²) in [5, 5.41) is 5.63. The van der Waals surface area contributed by atoms with Gasteiger partial charge in [0.15, 0.2) is 0 Å². The molecule has 0 aliphatic rings. The number of nitrogens with one attached hydrogen (secondary N) is 2. The number of aryl methyl sites for hydroxylation is 1. The first-order chi connectivity index (χ1) is 9.49. The van der Waals surface area contributed by atoms with Gasteiger partial charge in [-0.15, -0.1) is 0 Å². The van der Waals surface area contributed by atoms with Crippen molar-refractivity contribution in [2.45, 2.75) is 39.5 Å². The average Bonchev–Trinajstić information content (AvgIpc) is 2.38. The first-order valence-corrected chi connectivity index (χ1v) is 7.59. The Bertz CT molecular complexity index is 475. The van der Waals surface area contributed by atoms with Crippen LogP contribution < -0.4 is 10.6 Å². The van der Waals surface area contributed by atoms with E-state index in [0.717, 1.165) is 35.0 Å². The van der Waals surface area contributed by atoms with Crippen molar-refractivity contribution in [1.82, 2.24) is 5.32 Å². The monoisotopic (exact) mass is 340 g/mol. The van der Waals surface area contributed by atoms with Gasteiger partial charge in [-0.1, -0.05) is 22.4 Å². The summed E-state index contributed by atoms with van der Waals surface area (Å²) < 4.78 is 1.04. The Hall–Kier alpha value is -1.36. The molecule has 0 bridgehead atoms. The van der Waals surface area contributed by atoms with Crippen LogP contribution in [0.4, 0.5) is 5.69 Å². The fraction of sp³-hybridized carbons (Fsp3) is 0.467. The van der Waals surface area contributed by atoms with Crippen LogP contribution in [0.5, 0.6) is 0 Å². The van der Waals surface area contributed by atoms with Crippen molar-refractivity contribution in [2.24, 2.45) is 0 Å². The van der Waals surface area contributed by atoms with Crippen LogP contribution in [0.25, 0.3) is 0 Å². The van der Waals surface area contributed by atoms with Crippen LogP contribution in [0.1, 0.15) is 38.2 Å². The Morgan fingerprint density at radius 1 is 1.20 bits per heavy atom. The quantitative estimate of drug-likeness (QED) is 0.747. The summed E-state index contributed by atoms with van der Waals surface area (Å²) in [6.45, 7) is 4.18. The number of anilines is 1. The van der Waals surface area contributed by atoms with E-state index in [0.29, 0.717) is 13.0 Å². The summed E-state index contributed by atoms with van der Waals surface area (Å²) in [6.07, 6.45) is 3.19. The Labute approximate surface area is 128 Å². The zero-order chi connectivity index (χ0) is 15.0. The van der Waals surface area contributed by atoms with Gasteiger partial charge in [0.05, 0.1) is 0 Å². The van der Waals surface area contributed by atoms with Crippen LogP contribution in [0, 0.1) is 6.92 Å². The van der Waals surface area contributed by atoms with E-state index in [1.807, 2.05) is 25.1 Å². The largest absolute Gasteiger partial charge is 0.356 e. The van der Waals surface area contributed by atoms with Gasteiger partial charge >= 0.3 is 0 Å². The third kappa shape index (κ3) is 6.70. The molecule has 110 valence electrons. The maximum absolute atomic E-state index is 11.8. The summed E-state index contributed by atoms with van der Waals surface area (Å²) in [7, 11) is 0. The fourth-order valence-electron chi connectivity index (χ4n) is 1.80. The lowest BCUT2D eigenvalue weighted by molar-refractivity contribution is -0.119. The van der Waals surface area contributed by atoms with Crippen molar-refractivity contribution in [3.63, 3.8) is 0 Å². The molecule has 0 radical (unpaired) electrons. The van der Waals surface area contributed by atoms with Gasteiger partial charge in [-0.05, 0) is 43.5 Å². The lowest BCUT2D eigenvalue weighted by Crippen LogP contribution is -2.20. The smallest absolute Gasteiger partial charge is 0.224 e. The number of carbonyl (C=O) groups is 2. The Balaban J connectivity index is 2.20. The van der Waals surface area contributed by atoms with Crippen LogP contribution in [0.2, 0.25) is 0 Å². The normalized spacial score (nSPS) is 10.2. The highest BCUT2D eigenvalue weighted by atomic mass is 79.9. The summed E-state index contributed by atoms with van der Waals surface area (Å²) in [6, 6.07) is 5.75. The van der Waals surface area contributed by atoms with Crippen LogP contribution >= 0.6 is 15.9 Å². The highest BCUT2D eigenvalue weighted by Gasteiger charge is 2.03. The molecule has 0 aromatic heterocycles. The van der Waals surface area contributed by atoms with Gasteiger partial charge in [-0.25, -0.2) is 0 Å². The van der Waals surface area contributed by atoms with Crippen molar-refractivity contribution < 1.29 is 9.59 Å². The highest BCUT2D eigenvalue weighted by molar-refractivity contribution is 9.10. The first-order valence-electron chi connectivity index (χ1n) is 6.79. The van der Waals surface area contributed by atoms with Crippen LogP contribution in [-0.2, 0) is 9.59 Å². The summed E-state index contributed by atoms with van der Waals surface area (Å²) in [4.78, 5) is 22.4. The minimum absolute atomic E-state index is 0.00616. The third-order valence-electron chi connectivity index (χ3n) is 2.90. The van der Waals surface area contributed by atoms with Crippen molar-refractivity contribution in [3.05, 3.63) is 28.2 Å². The molecule has 4 nitrogen and oxygen atoms in total. The standard InChI is InChI=1S/C15H21BrN2O2/c1-11-10-13(7-8-14(11)16)18-15(20)6-4-3-5-9-17-12(2)19/h7-8,10H,3-6,9H2,1-2H3,(H,17,19)(H,18,20). The molecular weight excluding hydrogens is 320 g/mol. The van der Waals surface area contributed by atoms with Gasteiger partial charge in [0.1, 0.15) is 0 Å². The summed E-state index contributed by atoms with van der Waals surface area (Å²) in [5.41, 5.74) is 1.92. The van der Waals surface area contributed by atoms with Gasteiger partial charge in [-0.2, -0.15) is 0 Å². The van der Waals surface area contributed by atoms with Crippen molar-refractivity contribution in [1.29, 1.82) is 0 Å². The molecule has 0 aliphatic heterocycles. The van der Waals surface area contributed by atoms with E-state index < -0.39 is 0 Å². The molecular formula is C15H21BrN2O2. The van der Waals surface area contributed by atoms with E-state index in [1.165, 1.54) is 6.92 Å². The molecule has 0 spiro atoms. The predicted molar refractivity (Wildman–Crippen MR) is 84.7 cm³/mol. The zero-order valence-electron chi connectivity index (χ0n) is 12.0. The van der Waals surface area contributed by atoms with Crippen LogP contribution in [0.15, 0.2) is 22.7 Å². The average molecular weight is 341 g/mol. The van der Waals surface area contributed by atoms with Gasteiger partial charge in [0.25, 0.3) is 0 Å². The molecule has 0 aliphatic carbocycles. The third-order valence-corrected chi connectivity index (χ3v) is 3.79. The van der Waals surface area contributed by atoms with Crippen molar-refractivity contribution in [2.75, 3.05) is 11.9 Å². The molecule has 0 atom stereocenters. The number of amides is 2. The molecule has 20 heavy (non-hydrogen) atoms. The number of carbonyl (C=O) groups excluding carboxylic acids is 2. The Morgan fingerprint density at radius 3 is 2.60 bits per heavy atom. The predicted octanol–water partition coefficient (Wildman–Crippen LogP) is 3.39. The molecule has 5 heteroatoms. The second-order valence-electron chi connectivity index (χ2n) is 4.81. The van der Waals surface area contributed by atoms with Gasteiger partial charge in [0, 0.05) is 30.0 Å². The van der Waals surface area contributed by atoms with Crippen molar-refractivity contribution >= 4 is 33.4 Å². The second-order valence-corrected chi connectivity index (χ2v) is 5.66. The molecule has 0 unspecified atom stereocenters. The van der Waals surface area contributed by atoms with E-state index in [9.17, 15) is 9.59 Å². The maximum atomic E-state index is 11.8. The topological polar surface area (TPSA) is 58.2 Å². The number of hydrogen-bond donors (Lipinski definition) is 2. The van der Waals surface area contributed by atoms with E-state index in [2.05, 4.69) is 26.6 Å². The van der Waals surface area contributed by atoms with E-state index in [-0.39, 0.29) is 11.8 Å². The minimum Gasteiger partial charge on any atom is -0.356 e. The molecule has 2 N–H and O–H groups in total. The zero-order valence-corrected chi connectivity index (χ0v) is 13.5. The molecule has 0 saturated heterocycles. The number of benzene rings is 1. The van der Waals surface area contributed by atoms with Crippen LogP contribution in [-0.4, -0.2) is 18.4 Å². The summed E-state index contributed by atoms with van der Waals surface area (Å²) >= 11 is 3.43. The molecule has 1 rings (SSSR count). The van der Waals surface area contributed by atoms with E-state index in [1.54, 1.807) is 0 Å². The number of halogens is 1. The SMILES string of the molecule is CC(=O)NCCCCCC(=O)Nc1ccc(Br)c(C)c1. The fourth-order valence-corrected chi connectivity index (χ4v) is 2.04. The molecule has 0 heterocycles. The highest BCUT2D eigenvalue weighted by Crippen LogP contribution is 2.20. The maximum Gasteiger partial charge on any atom is 0.224 e. The second kappa shape index (κ2) is 8.74. The number of rotatable bonds is 7. The molecule has 1 aromatic rings. The van der Waals surface area contributed by atoms with E-state index in [4.69, 9.17) is 0 Å². The molecule has 2 amide bonds. The Kier molecular flexibility index (Phi) is 7.30. The van der Waals surface area contributed by atoms with Gasteiger partial charge in [0.2, 0.25) is 11.8 Å². The van der Waals surface area contributed by atoms with Crippen molar-refractivity contribution in [3.8, 4) is 0 Å². The molecule has 1 aromatic carbocycles. The summed E-state index contributed by atoms with van der Waals surface area (Å²) in [5.74, 6) is 0.0274. The molecule has 0 fully saturated rings. The van der Waals surface area contributed by atoms with Gasteiger partial charge < -0.3 is 10.6 Å². The lowest BCUT2D eigenvalue weighted by atomic mass is 10.1. The number of unbranched alkanes of at least 4 members (excludes halogenated alkanes) is 2. The lowest BCUT2D eigenvalue weighted by Gasteiger charge is -2.07. The minimum atomic E-state index is -0.00616. The van der Waals surface area contributed by atoms with E-state index >= 15 is 0 Å². The van der Waals surface area contributed by atoms with Gasteiger partial charge in [-0.3, -0.25) is 9.59 Å². The molecule has 0 saturated carbocycles. The van der Waals surface area contributed by atoms with Crippen LogP contribution in [0.3, 0.4) is 0 Å². The number of hydrogen-bond acceptors (Lipinski definition) is 2. The first kappa shape index (κ1) is 16.7.